The molecule has 1 aliphatic rings. The molecule has 0 radical (unpaired) electrons. The SMILES string of the molecule is Cc1ccccc1CN1C(=O)[C@H](C)CNc2ccccc21. The van der Waals surface area contributed by atoms with E-state index in [2.05, 4.69) is 24.4 Å². The number of nitrogens with zero attached hydrogens (tertiary/aromatic N) is 1. The summed E-state index contributed by atoms with van der Waals surface area (Å²) in [6.07, 6.45) is 0. The minimum Gasteiger partial charge on any atom is -0.383 e. The van der Waals surface area contributed by atoms with Gasteiger partial charge in [0.2, 0.25) is 5.91 Å². The van der Waals surface area contributed by atoms with Crippen LogP contribution in [0.1, 0.15) is 18.1 Å². The molecular formula is C18H20N2O. The van der Waals surface area contributed by atoms with E-state index in [0.29, 0.717) is 13.1 Å². The van der Waals surface area contributed by atoms with Gasteiger partial charge in [0.1, 0.15) is 0 Å². The Kier molecular flexibility index (Phi) is 3.65. The fraction of sp³-hybridized carbons (Fsp3) is 0.278. The van der Waals surface area contributed by atoms with Crippen LogP contribution in [0.3, 0.4) is 0 Å². The zero-order valence-electron chi connectivity index (χ0n) is 12.5. The Labute approximate surface area is 125 Å². The minimum absolute atomic E-state index is 0.0265. The molecule has 21 heavy (non-hydrogen) atoms. The van der Waals surface area contributed by atoms with Gasteiger partial charge in [0.15, 0.2) is 0 Å². The second-order valence-corrected chi connectivity index (χ2v) is 5.65. The highest BCUT2D eigenvalue weighted by molar-refractivity contribution is 5.99. The van der Waals surface area contributed by atoms with Crippen LogP contribution >= 0.6 is 0 Å². The van der Waals surface area contributed by atoms with Crippen LogP contribution in [0.4, 0.5) is 11.4 Å². The molecule has 0 saturated heterocycles. The maximum atomic E-state index is 12.7. The summed E-state index contributed by atoms with van der Waals surface area (Å²) in [6, 6.07) is 16.3. The van der Waals surface area contributed by atoms with Crippen molar-refractivity contribution >= 4 is 17.3 Å². The largest absolute Gasteiger partial charge is 0.383 e. The van der Waals surface area contributed by atoms with Gasteiger partial charge in [-0.25, -0.2) is 0 Å². The summed E-state index contributed by atoms with van der Waals surface area (Å²) >= 11 is 0. The summed E-state index contributed by atoms with van der Waals surface area (Å²) in [5.41, 5.74) is 4.40. The molecule has 0 fully saturated rings. The molecule has 108 valence electrons. The first-order valence-corrected chi connectivity index (χ1v) is 7.35. The van der Waals surface area contributed by atoms with Gasteiger partial charge in [-0.2, -0.15) is 0 Å². The van der Waals surface area contributed by atoms with Crippen molar-refractivity contribution in [2.24, 2.45) is 5.92 Å². The lowest BCUT2D eigenvalue weighted by molar-refractivity contribution is -0.121. The number of carbonyl (C=O) groups is 1. The second kappa shape index (κ2) is 5.60. The number of aryl methyl sites for hydroxylation is 1. The number of carbonyl (C=O) groups excluding carboxylic acids is 1. The van der Waals surface area contributed by atoms with Crippen molar-refractivity contribution in [3.05, 3.63) is 59.7 Å². The Hall–Kier alpha value is -2.29. The van der Waals surface area contributed by atoms with Crippen LogP contribution in [0, 0.1) is 12.8 Å². The molecule has 0 bridgehead atoms. The van der Waals surface area contributed by atoms with Crippen LogP contribution in [0.25, 0.3) is 0 Å². The Morgan fingerprint density at radius 2 is 1.86 bits per heavy atom. The first kappa shape index (κ1) is 13.7. The fourth-order valence-electron chi connectivity index (χ4n) is 2.71. The van der Waals surface area contributed by atoms with Crippen molar-refractivity contribution in [1.82, 2.24) is 0 Å². The summed E-state index contributed by atoms with van der Waals surface area (Å²) in [4.78, 5) is 14.6. The number of amides is 1. The zero-order chi connectivity index (χ0) is 14.8. The van der Waals surface area contributed by atoms with E-state index in [1.807, 2.05) is 48.2 Å². The van der Waals surface area contributed by atoms with E-state index in [1.54, 1.807) is 0 Å². The number of rotatable bonds is 2. The lowest BCUT2D eigenvalue weighted by Gasteiger charge is -2.25. The van der Waals surface area contributed by atoms with Gasteiger partial charge in [-0.3, -0.25) is 4.79 Å². The zero-order valence-corrected chi connectivity index (χ0v) is 12.5. The van der Waals surface area contributed by atoms with Gasteiger partial charge in [-0.15, -0.1) is 0 Å². The molecular weight excluding hydrogens is 260 g/mol. The third kappa shape index (κ3) is 2.64. The predicted molar refractivity (Wildman–Crippen MR) is 86.5 cm³/mol. The van der Waals surface area contributed by atoms with Gasteiger partial charge in [0.05, 0.1) is 23.8 Å². The molecule has 0 unspecified atom stereocenters. The van der Waals surface area contributed by atoms with Crippen molar-refractivity contribution in [3.63, 3.8) is 0 Å². The van der Waals surface area contributed by atoms with Crippen LogP contribution in [0.2, 0.25) is 0 Å². The van der Waals surface area contributed by atoms with Crippen molar-refractivity contribution in [2.45, 2.75) is 20.4 Å². The fourth-order valence-corrected chi connectivity index (χ4v) is 2.71. The van der Waals surface area contributed by atoms with E-state index in [1.165, 1.54) is 11.1 Å². The third-order valence-electron chi connectivity index (χ3n) is 4.07. The van der Waals surface area contributed by atoms with Gasteiger partial charge >= 0.3 is 0 Å². The Morgan fingerprint density at radius 3 is 2.67 bits per heavy atom. The third-order valence-corrected chi connectivity index (χ3v) is 4.07. The topological polar surface area (TPSA) is 32.3 Å². The monoisotopic (exact) mass is 280 g/mol. The number of anilines is 2. The standard InChI is InChI=1S/C18H20N2O/c1-13-7-3-4-8-15(13)12-20-17-10-6-5-9-16(17)19-11-14(2)18(20)21/h3-10,14,19H,11-12H2,1-2H3/t14-/m1/s1. The molecule has 3 rings (SSSR count). The molecule has 1 N–H and O–H groups in total. The quantitative estimate of drug-likeness (QED) is 0.911. The highest BCUT2D eigenvalue weighted by Gasteiger charge is 2.27. The molecule has 2 aromatic rings. The lowest BCUT2D eigenvalue weighted by atomic mass is 10.1. The molecule has 1 heterocycles. The van der Waals surface area contributed by atoms with E-state index in [-0.39, 0.29) is 11.8 Å². The van der Waals surface area contributed by atoms with E-state index >= 15 is 0 Å². The predicted octanol–water partition coefficient (Wildman–Crippen LogP) is 3.59. The van der Waals surface area contributed by atoms with Gasteiger partial charge in [0, 0.05) is 6.54 Å². The summed E-state index contributed by atoms with van der Waals surface area (Å²) in [5.74, 6) is 0.150. The summed E-state index contributed by atoms with van der Waals surface area (Å²) in [5, 5.41) is 3.37. The van der Waals surface area contributed by atoms with E-state index in [0.717, 1.165) is 11.4 Å². The number of para-hydroxylation sites is 2. The number of benzene rings is 2. The normalized spacial score (nSPS) is 17.9. The molecule has 1 aliphatic heterocycles. The first-order chi connectivity index (χ1) is 10.2. The van der Waals surface area contributed by atoms with Crippen LogP contribution < -0.4 is 10.2 Å². The lowest BCUT2D eigenvalue weighted by Crippen LogP contribution is -2.35. The maximum absolute atomic E-state index is 12.7. The average Bonchev–Trinajstić information content (AvgIpc) is 2.62. The average molecular weight is 280 g/mol. The van der Waals surface area contributed by atoms with Crippen LogP contribution in [0.15, 0.2) is 48.5 Å². The Balaban J connectivity index is 2.01. The number of fused-ring (bicyclic) bond motifs is 1. The first-order valence-electron chi connectivity index (χ1n) is 7.35. The van der Waals surface area contributed by atoms with Crippen molar-refractivity contribution in [2.75, 3.05) is 16.8 Å². The number of hydrogen-bond donors (Lipinski definition) is 1. The number of nitrogens with one attached hydrogen (secondary N) is 1. The van der Waals surface area contributed by atoms with Crippen LogP contribution in [-0.2, 0) is 11.3 Å². The molecule has 0 aliphatic carbocycles. The van der Waals surface area contributed by atoms with Crippen LogP contribution in [-0.4, -0.2) is 12.5 Å². The van der Waals surface area contributed by atoms with Crippen LogP contribution in [0.5, 0.6) is 0 Å². The summed E-state index contributed by atoms with van der Waals surface area (Å²) < 4.78 is 0. The smallest absolute Gasteiger partial charge is 0.231 e. The van der Waals surface area contributed by atoms with Crippen molar-refractivity contribution in [1.29, 1.82) is 0 Å². The minimum atomic E-state index is -0.0265. The van der Waals surface area contributed by atoms with Gasteiger partial charge < -0.3 is 10.2 Å². The van der Waals surface area contributed by atoms with Gasteiger partial charge in [-0.1, -0.05) is 43.3 Å². The van der Waals surface area contributed by atoms with Gasteiger partial charge in [0.25, 0.3) is 0 Å². The molecule has 0 aromatic heterocycles. The van der Waals surface area contributed by atoms with E-state index in [9.17, 15) is 4.79 Å². The van der Waals surface area contributed by atoms with Crippen molar-refractivity contribution in [3.8, 4) is 0 Å². The number of hydrogen-bond acceptors (Lipinski definition) is 2. The van der Waals surface area contributed by atoms with E-state index in [4.69, 9.17) is 0 Å². The maximum Gasteiger partial charge on any atom is 0.231 e. The molecule has 3 nitrogen and oxygen atoms in total. The molecule has 1 amide bonds. The second-order valence-electron chi connectivity index (χ2n) is 5.65. The molecule has 3 heteroatoms. The van der Waals surface area contributed by atoms with E-state index < -0.39 is 0 Å². The summed E-state index contributed by atoms with van der Waals surface area (Å²) in [6.45, 7) is 5.37. The molecule has 1 atom stereocenters. The van der Waals surface area contributed by atoms with Gasteiger partial charge in [-0.05, 0) is 30.2 Å². The molecule has 2 aromatic carbocycles. The highest BCUT2D eigenvalue weighted by Crippen LogP contribution is 2.31. The molecule has 0 saturated carbocycles. The highest BCUT2D eigenvalue weighted by atomic mass is 16.2. The molecule has 0 spiro atoms. The summed E-state index contributed by atoms with van der Waals surface area (Å²) in [7, 11) is 0. The Bertz CT molecular complexity index is 666. The van der Waals surface area contributed by atoms with Crippen molar-refractivity contribution < 1.29 is 4.79 Å². The Morgan fingerprint density at radius 1 is 1.14 bits per heavy atom.